The lowest BCUT2D eigenvalue weighted by atomic mass is 10.0. The van der Waals surface area contributed by atoms with E-state index in [2.05, 4.69) is 5.32 Å². The molecule has 0 radical (unpaired) electrons. The Balaban J connectivity index is 2.00. The molecule has 1 N–H and O–H groups in total. The van der Waals surface area contributed by atoms with Crippen LogP contribution in [0.1, 0.15) is 37.6 Å². The van der Waals surface area contributed by atoms with Gasteiger partial charge in [-0.15, -0.1) is 0 Å². The highest BCUT2D eigenvalue weighted by atomic mass is 35.5. The summed E-state index contributed by atoms with van der Waals surface area (Å²) in [5.74, 6) is -0.526. The molecule has 0 unspecified atom stereocenters. The maximum absolute atomic E-state index is 12.8. The summed E-state index contributed by atoms with van der Waals surface area (Å²) in [6.07, 6.45) is 0. The van der Waals surface area contributed by atoms with E-state index in [1.165, 1.54) is 12.1 Å². The zero-order chi connectivity index (χ0) is 19.6. The van der Waals surface area contributed by atoms with Crippen molar-refractivity contribution in [2.24, 2.45) is 0 Å². The van der Waals surface area contributed by atoms with Crippen molar-refractivity contribution in [1.29, 1.82) is 0 Å². The Bertz CT molecular complexity index is 1060. The van der Waals surface area contributed by atoms with Gasteiger partial charge in [0.15, 0.2) is 5.78 Å². The summed E-state index contributed by atoms with van der Waals surface area (Å²) in [6, 6.07) is 14.6. The fourth-order valence-electron chi connectivity index (χ4n) is 2.84. The maximum atomic E-state index is 12.8. The minimum Gasteiger partial charge on any atom is -0.427 e. The Kier molecular flexibility index (Phi) is 5.23. The van der Waals surface area contributed by atoms with Gasteiger partial charge < -0.3 is 9.73 Å². The molecule has 1 amide bonds. The van der Waals surface area contributed by atoms with Crippen molar-refractivity contribution >= 4 is 29.0 Å². The van der Waals surface area contributed by atoms with E-state index in [0.717, 1.165) is 0 Å². The van der Waals surface area contributed by atoms with Crippen molar-refractivity contribution < 1.29 is 14.0 Å². The van der Waals surface area contributed by atoms with Gasteiger partial charge in [-0.1, -0.05) is 41.9 Å². The van der Waals surface area contributed by atoms with Crippen LogP contribution in [0.5, 0.6) is 0 Å². The van der Waals surface area contributed by atoms with Crippen LogP contribution in [0.3, 0.4) is 0 Å². The van der Waals surface area contributed by atoms with Crippen LogP contribution in [0.2, 0.25) is 5.02 Å². The largest absolute Gasteiger partial charge is 0.427 e. The number of rotatable bonds is 4. The van der Waals surface area contributed by atoms with Crippen LogP contribution in [0.15, 0.2) is 63.8 Å². The molecule has 1 heterocycles. The molecule has 0 bridgehead atoms. The Hall–Kier alpha value is -3.18. The van der Waals surface area contributed by atoms with E-state index < -0.39 is 11.5 Å². The van der Waals surface area contributed by atoms with E-state index in [9.17, 15) is 14.4 Å². The van der Waals surface area contributed by atoms with Gasteiger partial charge in [0.05, 0.1) is 11.3 Å². The molecule has 6 heteroatoms. The number of hydrogen-bond acceptors (Lipinski definition) is 4. The first kappa shape index (κ1) is 18.6. The van der Waals surface area contributed by atoms with Crippen LogP contribution in [0.25, 0.3) is 0 Å². The summed E-state index contributed by atoms with van der Waals surface area (Å²) < 4.78 is 5.01. The second kappa shape index (κ2) is 7.60. The van der Waals surface area contributed by atoms with E-state index >= 15 is 0 Å². The molecule has 0 aliphatic carbocycles. The average molecular weight is 382 g/mol. The molecule has 5 nitrogen and oxygen atoms in total. The van der Waals surface area contributed by atoms with E-state index in [-0.39, 0.29) is 22.7 Å². The van der Waals surface area contributed by atoms with Gasteiger partial charge in [-0.25, -0.2) is 4.79 Å². The third kappa shape index (κ3) is 3.99. The third-order valence-electron chi connectivity index (χ3n) is 4.07. The standard InChI is InChI=1S/C21H16ClNO4/c1-12-10-18(24)27-13(2)19(12)21(26)23-17-9-8-15(22)11-16(17)20(25)14-6-4-3-5-7-14/h3-11H,1-2H3,(H,23,26). The predicted molar refractivity (Wildman–Crippen MR) is 104 cm³/mol. The first-order chi connectivity index (χ1) is 12.9. The molecule has 0 aliphatic rings. The van der Waals surface area contributed by atoms with Crippen LogP contribution in [-0.4, -0.2) is 11.7 Å². The molecule has 3 aromatic rings. The maximum Gasteiger partial charge on any atom is 0.336 e. The molecule has 0 fully saturated rings. The monoisotopic (exact) mass is 381 g/mol. The highest BCUT2D eigenvalue weighted by Crippen LogP contribution is 2.25. The lowest BCUT2D eigenvalue weighted by molar-refractivity contribution is 0.102. The highest BCUT2D eigenvalue weighted by Gasteiger charge is 2.19. The Morgan fingerprint density at radius 3 is 2.37 bits per heavy atom. The summed E-state index contributed by atoms with van der Waals surface area (Å²) in [4.78, 5) is 37.0. The van der Waals surface area contributed by atoms with Crippen LogP contribution >= 0.6 is 11.6 Å². The molecule has 0 aliphatic heterocycles. The highest BCUT2D eigenvalue weighted by molar-refractivity contribution is 6.31. The van der Waals surface area contributed by atoms with Gasteiger partial charge in [-0.3, -0.25) is 9.59 Å². The van der Waals surface area contributed by atoms with Gasteiger partial charge >= 0.3 is 5.63 Å². The second-order valence-corrected chi connectivity index (χ2v) is 6.46. The van der Waals surface area contributed by atoms with Gasteiger partial charge in [-0.05, 0) is 37.6 Å². The molecular formula is C21H16ClNO4. The number of aryl methyl sites for hydroxylation is 2. The summed E-state index contributed by atoms with van der Waals surface area (Å²) >= 11 is 6.06. The van der Waals surface area contributed by atoms with Crippen molar-refractivity contribution in [2.45, 2.75) is 13.8 Å². The number of anilines is 1. The summed E-state index contributed by atoms with van der Waals surface area (Å²) in [7, 11) is 0. The van der Waals surface area contributed by atoms with Crippen LogP contribution in [0.4, 0.5) is 5.69 Å². The van der Waals surface area contributed by atoms with Crippen molar-refractivity contribution in [1.82, 2.24) is 0 Å². The Morgan fingerprint density at radius 2 is 1.70 bits per heavy atom. The molecule has 3 rings (SSSR count). The smallest absolute Gasteiger partial charge is 0.336 e. The van der Waals surface area contributed by atoms with Gasteiger partial charge in [0.1, 0.15) is 5.76 Å². The Morgan fingerprint density at radius 1 is 1.00 bits per heavy atom. The minimum atomic E-state index is -0.520. The molecule has 1 aromatic heterocycles. The number of nitrogens with one attached hydrogen (secondary N) is 1. The first-order valence-corrected chi connectivity index (χ1v) is 8.56. The van der Waals surface area contributed by atoms with Gasteiger partial charge in [0.2, 0.25) is 0 Å². The summed E-state index contributed by atoms with van der Waals surface area (Å²) in [5.41, 5.74) is 1.30. The molecule has 0 saturated carbocycles. The number of carbonyl (C=O) groups excluding carboxylic acids is 2. The van der Waals surface area contributed by atoms with E-state index in [4.69, 9.17) is 16.0 Å². The summed E-state index contributed by atoms with van der Waals surface area (Å²) in [6.45, 7) is 3.19. The van der Waals surface area contributed by atoms with Crippen LogP contribution in [-0.2, 0) is 0 Å². The lowest BCUT2D eigenvalue weighted by Gasteiger charge is -2.13. The minimum absolute atomic E-state index is 0.211. The molecule has 136 valence electrons. The molecular weight excluding hydrogens is 366 g/mol. The predicted octanol–water partition coefficient (Wildman–Crippen LogP) is 4.39. The van der Waals surface area contributed by atoms with Crippen LogP contribution < -0.4 is 10.9 Å². The second-order valence-electron chi connectivity index (χ2n) is 6.02. The third-order valence-corrected chi connectivity index (χ3v) is 4.31. The molecule has 0 saturated heterocycles. The number of halogens is 1. The molecule has 0 spiro atoms. The molecule has 27 heavy (non-hydrogen) atoms. The zero-order valence-electron chi connectivity index (χ0n) is 14.7. The fourth-order valence-corrected chi connectivity index (χ4v) is 3.01. The SMILES string of the molecule is Cc1cc(=O)oc(C)c1C(=O)Nc1ccc(Cl)cc1C(=O)c1ccccc1. The van der Waals surface area contributed by atoms with E-state index in [0.29, 0.717) is 21.8 Å². The quantitative estimate of drug-likeness (QED) is 0.680. The lowest BCUT2D eigenvalue weighted by Crippen LogP contribution is -2.19. The fraction of sp³-hybridized carbons (Fsp3) is 0.0952. The van der Waals surface area contributed by atoms with Crippen molar-refractivity contribution in [2.75, 3.05) is 5.32 Å². The summed E-state index contributed by atoms with van der Waals surface area (Å²) in [5, 5.41) is 3.11. The van der Waals surface area contributed by atoms with E-state index in [1.807, 2.05) is 6.07 Å². The number of amides is 1. The zero-order valence-corrected chi connectivity index (χ0v) is 15.5. The van der Waals surface area contributed by atoms with Crippen molar-refractivity contribution in [3.05, 3.63) is 98.1 Å². The van der Waals surface area contributed by atoms with Crippen LogP contribution in [0, 0.1) is 13.8 Å². The molecule has 2 aromatic carbocycles. The number of hydrogen-bond donors (Lipinski definition) is 1. The topological polar surface area (TPSA) is 76.4 Å². The van der Waals surface area contributed by atoms with Gasteiger partial charge in [0, 0.05) is 22.2 Å². The van der Waals surface area contributed by atoms with Crippen molar-refractivity contribution in [3.8, 4) is 0 Å². The molecule has 0 atom stereocenters. The number of ketones is 1. The first-order valence-electron chi connectivity index (χ1n) is 8.19. The van der Waals surface area contributed by atoms with Gasteiger partial charge in [0.25, 0.3) is 5.91 Å². The number of carbonyl (C=O) groups is 2. The average Bonchev–Trinajstić information content (AvgIpc) is 2.62. The Labute approximate surface area is 160 Å². The van der Waals surface area contributed by atoms with E-state index in [1.54, 1.807) is 50.2 Å². The van der Waals surface area contributed by atoms with Crippen molar-refractivity contribution in [3.63, 3.8) is 0 Å². The van der Waals surface area contributed by atoms with Gasteiger partial charge in [-0.2, -0.15) is 0 Å². The number of benzene rings is 2. The normalized spacial score (nSPS) is 10.5.